The standard InChI is InChI=1S/C16H18BrNO2/c1-8-5-9(2)18-12-6-11-13(7-10(8)12)20-16(3,4)15(17)14(11)19/h5-7,14-15,19H,1-4H3/t14-,15+/m0/s1. The molecule has 1 N–H and O–H groups in total. The molecule has 0 radical (unpaired) electrons. The van der Waals surface area contributed by atoms with Crippen LogP contribution in [0.4, 0.5) is 0 Å². The van der Waals surface area contributed by atoms with E-state index in [4.69, 9.17) is 4.74 Å². The third-order valence-corrected chi connectivity index (χ3v) is 5.51. The largest absolute Gasteiger partial charge is 0.486 e. The lowest BCUT2D eigenvalue weighted by atomic mass is 9.90. The highest BCUT2D eigenvalue weighted by Crippen LogP contribution is 2.44. The minimum Gasteiger partial charge on any atom is -0.486 e. The van der Waals surface area contributed by atoms with Crippen molar-refractivity contribution in [2.75, 3.05) is 0 Å². The number of rotatable bonds is 0. The summed E-state index contributed by atoms with van der Waals surface area (Å²) >= 11 is 3.54. The molecule has 20 heavy (non-hydrogen) atoms. The summed E-state index contributed by atoms with van der Waals surface area (Å²) in [5.74, 6) is 0.749. The molecule has 0 fully saturated rings. The maximum Gasteiger partial charge on any atom is 0.126 e. The van der Waals surface area contributed by atoms with E-state index in [9.17, 15) is 5.11 Å². The van der Waals surface area contributed by atoms with Crippen molar-refractivity contribution in [2.24, 2.45) is 0 Å². The molecule has 0 spiro atoms. The van der Waals surface area contributed by atoms with Gasteiger partial charge in [0.15, 0.2) is 0 Å². The molecule has 0 bridgehead atoms. The van der Waals surface area contributed by atoms with Crippen molar-refractivity contribution in [3.05, 3.63) is 35.0 Å². The quantitative estimate of drug-likeness (QED) is 0.744. The first-order valence-corrected chi connectivity index (χ1v) is 7.64. The zero-order valence-electron chi connectivity index (χ0n) is 12.1. The van der Waals surface area contributed by atoms with Crippen LogP contribution in [-0.4, -0.2) is 20.5 Å². The highest BCUT2D eigenvalue weighted by atomic mass is 79.9. The Labute approximate surface area is 127 Å². The van der Waals surface area contributed by atoms with Gasteiger partial charge in [-0.2, -0.15) is 0 Å². The van der Waals surface area contributed by atoms with Gasteiger partial charge in [-0.05, 0) is 51.5 Å². The number of nitrogens with zero attached hydrogens (tertiary/aromatic N) is 1. The predicted octanol–water partition coefficient (Wildman–Crippen LogP) is 3.82. The average Bonchev–Trinajstić information content (AvgIpc) is 2.35. The Morgan fingerprint density at radius 3 is 2.65 bits per heavy atom. The maximum absolute atomic E-state index is 10.5. The monoisotopic (exact) mass is 335 g/mol. The number of aromatic nitrogens is 1. The van der Waals surface area contributed by atoms with Gasteiger partial charge in [0.05, 0.1) is 16.4 Å². The van der Waals surface area contributed by atoms with Gasteiger partial charge in [-0.15, -0.1) is 0 Å². The van der Waals surface area contributed by atoms with Gasteiger partial charge >= 0.3 is 0 Å². The van der Waals surface area contributed by atoms with E-state index < -0.39 is 11.7 Å². The molecule has 1 aliphatic heterocycles. The van der Waals surface area contributed by atoms with E-state index in [1.807, 2.05) is 32.9 Å². The molecule has 3 rings (SSSR count). The van der Waals surface area contributed by atoms with Crippen LogP contribution in [-0.2, 0) is 0 Å². The second-order valence-corrected chi connectivity index (χ2v) is 7.03. The number of aliphatic hydroxyl groups is 1. The van der Waals surface area contributed by atoms with Crippen LogP contribution in [0.3, 0.4) is 0 Å². The van der Waals surface area contributed by atoms with Crippen molar-refractivity contribution in [3.8, 4) is 5.75 Å². The van der Waals surface area contributed by atoms with Crippen molar-refractivity contribution in [1.29, 1.82) is 0 Å². The van der Waals surface area contributed by atoms with Gasteiger partial charge in [0.2, 0.25) is 0 Å². The molecule has 0 unspecified atom stereocenters. The molecule has 4 heteroatoms. The normalized spacial score (nSPS) is 24.3. The first-order valence-electron chi connectivity index (χ1n) is 6.72. The minimum absolute atomic E-state index is 0.147. The van der Waals surface area contributed by atoms with Gasteiger partial charge in [-0.3, -0.25) is 4.98 Å². The van der Waals surface area contributed by atoms with Crippen LogP contribution in [0.25, 0.3) is 10.9 Å². The Balaban J connectivity index is 2.27. The Kier molecular flexibility index (Phi) is 3.07. The van der Waals surface area contributed by atoms with E-state index in [0.29, 0.717) is 0 Å². The van der Waals surface area contributed by atoms with Gasteiger partial charge in [-0.1, -0.05) is 15.9 Å². The molecular weight excluding hydrogens is 318 g/mol. The van der Waals surface area contributed by atoms with Gasteiger partial charge < -0.3 is 9.84 Å². The first kappa shape index (κ1) is 13.8. The number of hydrogen-bond donors (Lipinski definition) is 1. The van der Waals surface area contributed by atoms with E-state index in [0.717, 1.165) is 27.9 Å². The molecule has 1 aromatic carbocycles. The Bertz CT molecular complexity index is 696. The van der Waals surface area contributed by atoms with E-state index in [1.165, 1.54) is 5.56 Å². The highest BCUT2D eigenvalue weighted by Gasteiger charge is 2.41. The van der Waals surface area contributed by atoms with Crippen molar-refractivity contribution in [3.63, 3.8) is 0 Å². The van der Waals surface area contributed by atoms with E-state index in [2.05, 4.69) is 33.9 Å². The van der Waals surface area contributed by atoms with E-state index >= 15 is 0 Å². The van der Waals surface area contributed by atoms with Crippen LogP contribution in [0.2, 0.25) is 0 Å². The molecule has 106 valence electrons. The molecule has 3 nitrogen and oxygen atoms in total. The summed E-state index contributed by atoms with van der Waals surface area (Å²) in [6.07, 6.45) is -0.597. The van der Waals surface area contributed by atoms with Crippen molar-refractivity contribution in [1.82, 2.24) is 4.98 Å². The zero-order chi connectivity index (χ0) is 14.7. The Hall–Kier alpha value is -1.13. The van der Waals surface area contributed by atoms with E-state index in [1.54, 1.807) is 0 Å². The van der Waals surface area contributed by atoms with Crippen molar-refractivity contribution >= 4 is 26.8 Å². The number of hydrogen-bond acceptors (Lipinski definition) is 3. The fourth-order valence-electron chi connectivity index (χ4n) is 2.80. The molecular formula is C16H18BrNO2. The molecule has 0 amide bonds. The van der Waals surface area contributed by atoms with Crippen molar-refractivity contribution < 1.29 is 9.84 Å². The van der Waals surface area contributed by atoms with Crippen LogP contribution >= 0.6 is 15.9 Å². The zero-order valence-corrected chi connectivity index (χ0v) is 13.7. The summed E-state index contributed by atoms with van der Waals surface area (Å²) in [5, 5.41) is 11.6. The van der Waals surface area contributed by atoms with Gasteiger partial charge in [0.25, 0.3) is 0 Å². The first-order chi connectivity index (χ1) is 9.29. The molecule has 1 aliphatic rings. The van der Waals surface area contributed by atoms with E-state index in [-0.39, 0.29) is 4.83 Å². The number of aryl methyl sites for hydroxylation is 2. The lowest BCUT2D eigenvalue weighted by Gasteiger charge is -2.40. The molecule has 0 saturated heterocycles. The predicted molar refractivity (Wildman–Crippen MR) is 83.6 cm³/mol. The SMILES string of the molecule is Cc1cc(C)c2cc3c(cc2n1)[C@H](O)[C@@H](Br)C(C)(C)O3. The second kappa shape index (κ2) is 4.43. The van der Waals surface area contributed by atoms with Crippen LogP contribution < -0.4 is 4.74 Å². The van der Waals surface area contributed by atoms with Crippen molar-refractivity contribution in [2.45, 2.75) is 44.2 Å². The third kappa shape index (κ3) is 2.02. The van der Waals surface area contributed by atoms with Gasteiger partial charge in [0.1, 0.15) is 11.4 Å². The summed E-state index contributed by atoms with van der Waals surface area (Å²) in [5.41, 5.74) is 3.41. The number of pyridine rings is 1. The minimum atomic E-state index is -0.597. The number of aliphatic hydroxyl groups excluding tert-OH is 1. The Morgan fingerprint density at radius 1 is 1.25 bits per heavy atom. The van der Waals surface area contributed by atoms with Gasteiger partial charge in [-0.25, -0.2) is 0 Å². The highest BCUT2D eigenvalue weighted by molar-refractivity contribution is 9.09. The number of ether oxygens (including phenoxy) is 1. The summed E-state index contributed by atoms with van der Waals surface area (Å²) in [4.78, 5) is 4.41. The van der Waals surface area contributed by atoms with Crippen LogP contribution in [0.5, 0.6) is 5.75 Å². The Morgan fingerprint density at radius 2 is 1.95 bits per heavy atom. The topological polar surface area (TPSA) is 42.4 Å². The fraction of sp³-hybridized carbons (Fsp3) is 0.438. The summed E-state index contributed by atoms with van der Waals surface area (Å²) in [7, 11) is 0. The lowest BCUT2D eigenvalue weighted by Crippen LogP contribution is -2.45. The third-order valence-electron chi connectivity index (χ3n) is 3.91. The smallest absolute Gasteiger partial charge is 0.126 e. The number of fused-ring (bicyclic) bond motifs is 2. The van der Waals surface area contributed by atoms with Crippen LogP contribution in [0.1, 0.15) is 36.8 Å². The number of alkyl halides is 1. The van der Waals surface area contributed by atoms with Crippen LogP contribution in [0, 0.1) is 13.8 Å². The maximum atomic E-state index is 10.5. The molecule has 0 aliphatic carbocycles. The number of halogens is 1. The summed E-state index contributed by atoms with van der Waals surface area (Å²) in [6, 6.07) is 6.00. The molecule has 2 atom stereocenters. The molecule has 2 heterocycles. The average molecular weight is 336 g/mol. The summed E-state index contributed by atoms with van der Waals surface area (Å²) in [6.45, 7) is 8.00. The number of benzene rings is 1. The lowest BCUT2D eigenvalue weighted by molar-refractivity contribution is 0.0228. The molecule has 1 aromatic heterocycles. The van der Waals surface area contributed by atoms with Crippen LogP contribution in [0.15, 0.2) is 18.2 Å². The molecule has 2 aromatic rings. The molecule has 0 saturated carbocycles. The fourth-order valence-corrected chi connectivity index (χ4v) is 3.18. The van der Waals surface area contributed by atoms with Gasteiger partial charge in [0, 0.05) is 16.6 Å². The second-order valence-electron chi connectivity index (χ2n) is 6.04. The summed E-state index contributed by atoms with van der Waals surface area (Å²) < 4.78 is 6.06.